The first-order chi connectivity index (χ1) is 11.8. The third-order valence-electron chi connectivity index (χ3n) is 4.39. The van der Waals surface area contributed by atoms with E-state index in [2.05, 4.69) is 23.5 Å². The number of benzene rings is 2. The van der Waals surface area contributed by atoms with Crippen molar-refractivity contribution in [3.05, 3.63) is 54.1 Å². The molecule has 1 aliphatic rings. The molecule has 2 atom stereocenters. The van der Waals surface area contributed by atoms with Crippen molar-refractivity contribution in [2.24, 2.45) is 0 Å². The molecular weight excluding hydrogens is 336 g/mol. The first-order valence-corrected chi connectivity index (χ1v) is 9.91. The Hall–Kier alpha value is -2.05. The number of nitrogens with zero attached hydrogens (tertiary/aromatic N) is 1. The quantitative estimate of drug-likeness (QED) is 0.908. The summed E-state index contributed by atoms with van der Waals surface area (Å²) in [6, 6.07) is 14.6. The number of hydrogen-bond donors (Lipinski definition) is 1. The number of hydrogen-bond acceptors (Lipinski definition) is 4. The Bertz CT molecular complexity index is 817. The summed E-state index contributed by atoms with van der Waals surface area (Å²) in [5.41, 5.74) is 2.65. The van der Waals surface area contributed by atoms with E-state index in [4.69, 9.17) is 4.74 Å². The first kappa shape index (κ1) is 17.8. The van der Waals surface area contributed by atoms with Crippen LogP contribution in [0.4, 0.5) is 11.4 Å². The third kappa shape index (κ3) is 4.14. The van der Waals surface area contributed by atoms with Crippen LogP contribution in [0.25, 0.3) is 0 Å². The van der Waals surface area contributed by atoms with Gasteiger partial charge in [0.15, 0.2) is 0 Å². The van der Waals surface area contributed by atoms with Gasteiger partial charge in [0.1, 0.15) is 0 Å². The van der Waals surface area contributed by atoms with E-state index >= 15 is 0 Å². The van der Waals surface area contributed by atoms with Gasteiger partial charge >= 0.3 is 0 Å². The predicted molar refractivity (Wildman–Crippen MR) is 101 cm³/mol. The van der Waals surface area contributed by atoms with E-state index in [0.717, 1.165) is 17.8 Å². The second-order valence-corrected chi connectivity index (χ2v) is 8.29. The number of sulfonamides is 1. The molecule has 0 saturated carbocycles. The van der Waals surface area contributed by atoms with Gasteiger partial charge in [-0.2, -0.15) is 0 Å². The number of morpholine rings is 1. The molecular formula is C19H24N2O3S. The van der Waals surface area contributed by atoms with Gasteiger partial charge in [0.25, 0.3) is 10.0 Å². The number of aryl methyl sites for hydroxylation is 1. The number of anilines is 2. The van der Waals surface area contributed by atoms with E-state index in [1.165, 1.54) is 0 Å². The minimum absolute atomic E-state index is 0.191. The lowest BCUT2D eigenvalue weighted by molar-refractivity contribution is 0.0344. The van der Waals surface area contributed by atoms with Crippen LogP contribution in [0.2, 0.25) is 0 Å². The second-order valence-electron chi connectivity index (χ2n) is 6.61. The Balaban J connectivity index is 1.75. The van der Waals surface area contributed by atoms with Crippen LogP contribution in [0.5, 0.6) is 0 Å². The van der Waals surface area contributed by atoms with Crippen molar-refractivity contribution < 1.29 is 13.2 Å². The van der Waals surface area contributed by atoms with E-state index < -0.39 is 10.0 Å². The monoisotopic (exact) mass is 360 g/mol. The van der Waals surface area contributed by atoms with Gasteiger partial charge in [-0.1, -0.05) is 17.7 Å². The molecule has 0 radical (unpaired) electrons. The van der Waals surface area contributed by atoms with Gasteiger partial charge < -0.3 is 9.64 Å². The molecule has 0 spiro atoms. The van der Waals surface area contributed by atoms with Crippen molar-refractivity contribution in [2.75, 3.05) is 22.8 Å². The Morgan fingerprint density at radius 3 is 2.32 bits per heavy atom. The summed E-state index contributed by atoms with van der Waals surface area (Å²) in [5, 5.41) is 0. The molecule has 5 nitrogen and oxygen atoms in total. The Morgan fingerprint density at radius 1 is 1.04 bits per heavy atom. The highest BCUT2D eigenvalue weighted by Crippen LogP contribution is 2.24. The molecule has 1 heterocycles. The maximum absolute atomic E-state index is 12.5. The fourth-order valence-electron chi connectivity index (χ4n) is 2.92. The molecule has 1 saturated heterocycles. The van der Waals surface area contributed by atoms with Crippen LogP contribution in [0, 0.1) is 6.92 Å². The number of rotatable bonds is 4. The fraction of sp³-hybridized carbons (Fsp3) is 0.368. The van der Waals surface area contributed by atoms with Crippen LogP contribution in [0.3, 0.4) is 0 Å². The van der Waals surface area contributed by atoms with Crippen molar-refractivity contribution in [2.45, 2.75) is 37.8 Å². The Kier molecular flexibility index (Phi) is 5.01. The Labute approximate surface area is 149 Å². The van der Waals surface area contributed by atoms with Crippen LogP contribution in [-0.2, 0) is 14.8 Å². The highest BCUT2D eigenvalue weighted by atomic mass is 32.2. The average Bonchev–Trinajstić information content (AvgIpc) is 2.58. The molecule has 6 heteroatoms. The standard InChI is InChI=1S/C19H24N2O3S/c1-14-4-10-19(11-5-14)25(22,23)20-17-6-8-18(9-7-17)21-12-16(3)24-13-15(21)2/h4-11,15-16,20H,12-13H2,1-3H3. The Morgan fingerprint density at radius 2 is 1.68 bits per heavy atom. The number of nitrogens with one attached hydrogen (secondary N) is 1. The summed E-state index contributed by atoms with van der Waals surface area (Å²) < 4.78 is 33.2. The fourth-order valence-corrected chi connectivity index (χ4v) is 3.97. The molecule has 134 valence electrons. The zero-order valence-corrected chi connectivity index (χ0v) is 15.6. The summed E-state index contributed by atoms with van der Waals surface area (Å²) in [4.78, 5) is 2.55. The molecule has 2 aromatic carbocycles. The summed E-state index contributed by atoms with van der Waals surface area (Å²) in [7, 11) is -3.57. The van der Waals surface area contributed by atoms with Crippen molar-refractivity contribution in [3.63, 3.8) is 0 Å². The van der Waals surface area contributed by atoms with E-state index in [1.807, 2.05) is 19.1 Å². The van der Waals surface area contributed by atoms with Crippen molar-refractivity contribution in [1.29, 1.82) is 0 Å². The predicted octanol–water partition coefficient (Wildman–Crippen LogP) is 3.41. The molecule has 1 fully saturated rings. The molecule has 25 heavy (non-hydrogen) atoms. The zero-order chi connectivity index (χ0) is 18.0. The molecule has 1 aliphatic heterocycles. The van der Waals surface area contributed by atoms with Gasteiger partial charge in [-0.25, -0.2) is 8.42 Å². The van der Waals surface area contributed by atoms with E-state index in [9.17, 15) is 8.42 Å². The van der Waals surface area contributed by atoms with Crippen LogP contribution in [0.15, 0.2) is 53.4 Å². The van der Waals surface area contributed by atoms with E-state index in [-0.39, 0.29) is 11.0 Å². The normalized spacial score (nSPS) is 21.2. The molecule has 1 N–H and O–H groups in total. The van der Waals surface area contributed by atoms with E-state index in [1.54, 1.807) is 36.4 Å². The van der Waals surface area contributed by atoms with Crippen molar-refractivity contribution >= 4 is 21.4 Å². The smallest absolute Gasteiger partial charge is 0.261 e. The van der Waals surface area contributed by atoms with Crippen molar-refractivity contribution in [1.82, 2.24) is 0 Å². The van der Waals surface area contributed by atoms with Gasteiger partial charge in [-0.05, 0) is 57.2 Å². The summed E-state index contributed by atoms with van der Waals surface area (Å²) >= 11 is 0. The molecule has 0 bridgehead atoms. The van der Waals surface area contributed by atoms with Gasteiger partial charge in [0.05, 0.1) is 17.6 Å². The van der Waals surface area contributed by atoms with Gasteiger partial charge in [-0.3, -0.25) is 4.72 Å². The summed E-state index contributed by atoms with van der Waals surface area (Å²) in [6.07, 6.45) is 0.191. The van der Waals surface area contributed by atoms with Crippen molar-refractivity contribution in [3.8, 4) is 0 Å². The first-order valence-electron chi connectivity index (χ1n) is 8.43. The van der Waals surface area contributed by atoms with Gasteiger partial charge in [0, 0.05) is 24.0 Å². The van der Waals surface area contributed by atoms with Crippen LogP contribution < -0.4 is 9.62 Å². The minimum atomic E-state index is -3.57. The summed E-state index contributed by atoms with van der Waals surface area (Å²) in [5.74, 6) is 0. The largest absolute Gasteiger partial charge is 0.375 e. The van der Waals surface area contributed by atoms with Crippen LogP contribution in [0.1, 0.15) is 19.4 Å². The molecule has 0 amide bonds. The third-order valence-corrected chi connectivity index (χ3v) is 5.79. The lowest BCUT2D eigenvalue weighted by Crippen LogP contribution is -2.47. The molecule has 3 rings (SSSR count). The number of ether oxygens (including phenoxy) is 1. The highest BCUT2D eigenvalue weighted by Gasteiger charge is 2.23. The maximum Gasteiger partial charge on any atom is 0.261 e. The van der Waals surface area contributed by atoms with Crippen LogP contribution >= 0.6 is 0 Å². The maximum atomic E-state index is 12.5. The molecule has 0 aliphatic carbocycles. The van der Waals surface area contributed by atoms with Crippen LogP contribution in [-0.4, -0.2) is 33.7 Å². The van der Waals surface area contributed by atoms with E-state index in [0.29, 0.717) is 18.3 Å². The van der Waals surface area contributed by atoms with Gasteiger partial charge in [-0.15, -0.1) is 0 Å². The topological polar surface area (TPSA) is 58.6 Å². The SMILES string of the molecule is Cc1ccc(S(=O)(=O)Nc2ccc(N3CC(C)OCC3C)cc2)cc1. The highest BCUT2D eigenvalue weighted by molar-refractivity contribution is 7.92. The molecule has 2 aromatic rings. The zero-order valence-electron chi connectivity index (χ0n) is 14.8. The molecule has 0 aromatic heterocycles. The lowest BCUT2D eigenvalue weighted by atomic mass is 10.1. The van der Waals surface area contributed by atoms with Gasteiger partial charge in [0.2, 0.25) is 0 Å². The lowest BCUT2D eigenvalue weighted by Gasteiger charge is -2.38. The summed E-state index contributed by atoms with van der Waals surface area (Å²) in [6.45, 7) is 7.64. The minimum Gasteiger partial charge on any atom is -0.375 e. The average molecular weight is 360 g/mol. The molecule has 2 unspecified atom stereocenters. The second kappa shape index (κ2) is 7.06.